The Labute approximate surface area is 156 Å². The summed E-state index contributed by atoms with van der Waals surface area (Å²) in [5.74, 6) is 0.797. The van der Waals surface area contributed by atoms with Gasteiger partial charge in [-0.05, 0) is 55.5 Å². The fourth-order valence-electron chi connectivity index (χ4n) is 3.81. The van der Waals surface area contributed by atoms with Crippen LogP contribution in [0.15, 0.2) is 30.6 Å². The Morgan fingerprint density at radius 3 is 3.07 bits per heavy atom. The van der Waals surface area contributed by atoms with Gasteiger partial charge in [0.25, 0.3) is 0 Å². The highest BCUT2D eigenvalue weighted by molar-refractivity contribution is 5.84. The van der Waals surface area contributed by atoms with Gasteiger partial charge >= 0.3 is 0 Å². The van der Waals surface area contributed by atoms with Crippen LogP contribution in [0, 0.1) is 0 Å². The summed E-state index contributed by atoms with van der Waals surface area (Å²) >= 11 is 0. The number of aliphatic hydroxyl groups excluding tert-OH is 1. The Kier molecular flexibility index (Phi) is 4.06. The molecule has 3 heterocycles. The first-order chi connectivity index (χ1) is 13.2. The maximum atomic E-state index is 9.46. The summed E-state index contributed by atoms with van der Waals surface area (Å²) in [5.41, 5.74) is 4.23. The molecule has 7 heteroatoms. The minimum atomic E-state index is -0.211. The normalized spacial score (nSPS) is 22.9. The second kappa shape index (κ2) is 6.58. The second-order valence-corrected chi connectivity index (χ2v) is 7.41. The lowest BCUT2D eigenvalue weighted by atomic mass is 9.90. The number of fused-ring (bicyclic) bond motifs is 3. The summed E-state index contributed by atoms with van der Waals surface area (Å²) in [4.78, 5) is 4.54. The van der Waals surface area contributed by atoms with E-state index >= 15 is 0 Å². The van der Waals surface area contributed by atoms with Crippen LogP contribution in [0.4, 0.5) is 0 Å². The molecule has 0 radical (unpaired) electrons. The average Bonchev–Trinajstić information content (AvgIpc) is 3.15. The van der Waals surface area contributed by atoms with Crippen molar-refractivity contribution < 1.29 is 14.6 Å². The number of pyridine rings is 1. The lowest BCUT2D eigenvalue weighted by Gasteiger charge is -2.30. The molecule has 7 nitrogen and oxygen atoms in total. The fourth-order valence-corrected chi connectivity index (χ4v) is 3.81. The molecule has 1 fully saturated rings. The first kappa shape index (κ1) is 16.6. The van der Waals surface area contributed by atoms with Crippen LogP contribution < -0.4 is 4.74 Å². The molecule has 0 saturated heterocycles. The molecule has 140 valence electrons. The standard InChI is InChI=1S/C20H22N4O3/c1-12(20-10-24(23-22-20)14-6-15(25)7-14)27-16-2-3-19-18(8-16)17-4-5-26-11-13(17)9-21-19/h2-3,8-10,12,14-15,25H,4-7,11H2,1H3/t12-,14?,15?/m1/s1. The molecule has 1 aliphatic carbocycles. The summed E-state index contributed by atoms with van der Waals surface area (Å²) < 4.78 is 13.5. The van der Waals surface area contributed by atoms with Crippen LogP contribution in [0.5, 0.6) is 5.75 Å². The maximum absolute atomic E-state index is 9.46. The summed E-state index contributed by atoms with van der Waals surface area (Å²) in [7, 11) is 0. The molecule has 1 N–H and O–H groups in total. The van der Waals surface area contributed by atoms with Crippen LogP contribution in [0.3, 0.4) is 0 Å². The van der Waals surface area contributed by atoms with Gasteiger partial charge in [-0.15, -0.1) is 5.10 Å². The Hall–Kier alpha value is -2.51. The SMILES string of the molecule is C[C@@H](Oc1ccc2ncc3c(c2c1)CCOC3)c1cn(C2CC(O)C2)nn1. The van der Waals surface area contributed by atoms with Crippen molar-refractivity contribution >= 4 is 10.9 Å². The zero-order valence-corrected chi connectivity index (χ0v) is 15.2. The molecule has 0 spiro atoms. The summed E-state index contributed by atoms with van der Waals surface area (Å²) in [6.07, 6.45) is 5.79. The largest absolute Gasteiger partial charge is 0.484 e. The van der Waals surface area contributed by atoms with Gasteiger partial charge in [-0.1, -0.05) is 5.21 Å². The van der Waals surface area contributed by atoms with Crippen molar-refractivity contribution in [1.29, 1.82) is 0 Å². The molecule has 5 rings (SSSR count). The van der Waals surface area contributed by atoms with Gasteiger partial charge in [0.2, 0.25) is 0 Å². The van der Waals surface area contributed by atoms with E-state index in [2.05, 4.69) is 21.4 Å². The van der Waals surface area contributed by atoms with Crippen molar-refractivity contribution in [2.24, 2.45) is 0 Å². The average molecular weight is 366 g/mol. The number of ether oxygens (including phenoxy) is 2. The molecule has 1 saturated carbocycles. The first-order valence-corrected chi connectivity index (χ1v) is 9.42. The van der Waals surface area contributed by atoms with E-state index in [1.807, 2.05) is 36.1 Å². The Morgan fingerprint density at radius 1 is 1.33 bits per heavy atom. The lowest BCUT2D eigenvalue weighted by molar-refractivity contribution is 0.0426. The van der Waals surface area contributed by atoms with E-state index in [0.29, 0.717) is 6.61 Å². The summed E-state index contributed by atoms with van der Waals surface area (Å²) in [6, 6.07) is 6.26. The van der Waals surface area contributed by atoms with Crippen LogP contribution in [0.1, 0.15) is 48.7 Å². The van der Waals surface area contributed by atoms with Gasteiger partial charge in [0.1, 0.15) is 17.5 Å². The van der Waals surface area contributed by atoms with Crippen molar-refractivity contribution in [3.05, 3.63) is 47.4 Å². The van der Waals surface area contributed by atoms with E-state index in [1.54, 1.807) is 0 Å². The van der Waals surface area contributed by atoms with Crippen LogP contribution in [-0.4, -0.2) is 37.8 Å². The first-order valence-electron chi connectivity index (χ1n) is 9.42. The number of aliphatic hydroxyl groups is 1. The lowest BCUT2D eigenvalue weighted by Crippen LogP contribution is -2.31. The third-order valence-electron chi connectivity index (χ3n) is 5.51. The molecule has 0 bridgehead atoms. The quantitative estimate of drug-likeness (QED) is 0.765. The van der Waals surface area contributed by atoms with Gasteiger partial charge in [0.15, 0.2) is 0 Å². The smallest absolute Gasteiger partial charge is 0.141 e. The predicted octanol–water partition coefficient (Wildman–Crippen LogP) is 2.73. The van der Waals surface area contributed by atoms with E-state index in [9.17, 15) is 5.11 Å². The van der Waals surface area contributed by atoms with Gasteiger partial charge in [0.05, 0.1) is 37.1 Å². The number of benzene rings is 1. The summed E-state index contributed by atoms with van der Waals surface area (Å²) in [6.45, 7) is 3.34. The number of hydrogen-bond donors (Lipinski definition) is 1. The van der Waals surface area contributed by atoms with E-state index in [4.69, 9.17) is 9.47 Å². The molecular weight excluding hydrogens is 344 g/mol. The van der Waals surface area contributed by atoms with Crippen molar-refractivity contribution in [1.82, 2.24) is 20.0 Å². The predicted molar refractivity (Wildman–Crippen MR) is 98.4 cm³/mol. The molecule has 3 aromatic rings. The number of rotatable bonds is 4. The van der Waals surface area contributed by atoms with E-state index < -0.39 is 0 Å². The topological polar surface area (TPSA) is 82.3 Å². The van der Waals surface area contributed by atoms with E-state index in [-0.39, 0.29) is 18.2 Å². The Balaban J connectivity index is 1.37. The van der Waals surface area contributed by atoms with Crippen molar-refractivity contribution in [3.8, 4) is 5.75 Å². The number of nitrogens with zero attached hydrogens (tertiary/aromatic N) is 4. The molecule has 1 aliphatic heterocycles. The highest BCUT2D eigenvalue weighted by Crippen LogP contribution is 2.33. The Morgan fingerprint density at radius 2 is 2.22 bits per heavy atom. The highest BCUT2D eigenvalue weighted by Gasteiger charge is 2.30. The van der Waals surface area contributed by atoms with Crippen LogP contribution in [0.2, 0.25) is 0 Å². The Bertz CT molecular complexity index is 981. The minimum Gasteiger partial charge on any atom is -0.484 e. The molecular formula is C20H22N4O3. The third-order valence-corrected chi connectivity index (χ3v) is 5.51. The zero-order chi connectivity index (χ0) is 18.4. The van der Waals surface area contributed by atoms with Gasteiger partial charge < -0.3 is 14.6 Å². The third kappa shape index (κ3) is 3.07. The van der Waals surface area contributed by atoms with Gasteiger partial charge in [-0.2, -0.15) is 0 Å². The maximum Gasteiger partial charge on any atom is 0.141 e. The van der Waals surface area contributed by atoms with Crippen LogP contribution in [-0.2, 0) is 17.8 Å². The van der Waals surface area contributed by atoms with Crippen LogP contribution >= 0.6 is 0 Å². The zero-order valence-electron chi connectivity index (χ0n) is 15.2. The highest BCUT2D eigenvalue weighted by atomic mass is 16.5. The van der Waals surface area contributed by atoms with Crippen molar-refractivity contribution in [2.45, 2.75) is 51.0 Å². The van der Waals surface area contributed by atoms with E-state index in [0.717, 1.165) is 53.8 Å². The van der Waals surface area contributed by atoms with Gasteiger partial charge in [-0.3, -0.25) is 4.98 Å². The van der Waals surface area contributed by atoms with Crippen molar-refractivity contribution in [3.63, 3.8) is 0 Å². The number of aromatic nitrogens is 4. The molecule has 2 aromatic heterocycles. The molecule has 1 atom stereocenters. The molecule has 0 unspecified atom stereocenters. The van der Waals surface area contributed by atoms with Gasteiger partial charge in [-0.25, -0.2) is 4.68 Å². The molecule has 1 aromatic carbocycles. The van der Waals surface area contributed by atoms with Gasteiger partial charge in [0, 0.05) is 11.6 Å². The molecule has 2 aliphatic rings. The molecule has 0 amide bonds. The fraction of sp³-hybridized carbons (Fsp3) is 0.450. The van der Waals surface area contributed by atoms with Crippen LogP contribution in [0.25, 0.3) is 10.9 Å². The minimum absolute atomic E-state index is 0.209. The number of hydrogen-bond acceptors (Lipinski definition) is 6. The summed E-state index contributed by atoms with van der Waals surface area (Å²) in [5, 5.41) is 19.0. The monoisotopic (exact) mass is 366 g/mol. The second-order valence-electron chi connectivity index (χ2n) is 7.41. The molecule has 27 heavy (non-hydrogen) atoms. The van der Waals surface area contributed by atoms with Crippen molar-refractivity contribution in [2.75, 3.05) is 6.61 Å². The van der Waals surface area contributed by atoms with E-state index in [1.165, 1.54) is 5.56 Å².